The summed E-state index contributed by atoms with van der Waals surface area (Å²) in [4.78, 5) is 0. The van der Waals surface area contributed by atoms with E-state index in [1.165, 1.54) is 11.6 Å². The number of aromatic nitrogens is 2. The second kappa shape index (κ2) is 5.63. The van der Waals surface area contributed by atoms with Gasteiger partial charge in [-0.2, -0.15) is 5.10 Å². The smallest absolute Gasteiger partial charge is 0.123 e. The summed E-state index contributed by atoms with van der Waals surface area (Å²) in [5.41, 5.74) is 3.17. The van der Waals surface area contributed by atoms with E-state index in [-0.39, 0.29) is 18.5 Å². The van der Waals surface area contributed by atoms with E-state index in [2.05, 4.69) is 10.4 Å². The Balaban J connectivity index is 1.79. The number of hydrogen-bond acceptors (Lipinski definition) is 3. The van der Waals surface area contributed by atoms with Gasteiger partial charge in [0.2, 0.25) is 0 Å². The zero-order valence-electron chi connectivity index (χ0n) is 11.2. The van der Waals surface area contributed by atoms with Crippen molar-refractivity contribution in [3.05, 3.63) is 47.5 Å². The van der Waals surface area contributed by atoms with Crippen molar-refractivity contribution in [2.75, 3.05) is 11.9 Å². The molecular weight excluding hydrogens is 257 g/mol. The molecule has 3 rings (SSSR count). The van der Waals surface area contributed by atoms with Crippen LogP contribution < -0.4 is 5.32 Å². The molecule has 1 aromatic carbocycles. The summed E-state index contributed by atoms with van der Waals surface area (Å²) in [6.45, 7) is 0.552. The maximum Gasteiger partial charge on any atom is 0.123 e. The van der Waals surface area contributed by atoms with Crippen molar-refractivity contribution in [1.29, 1.82) is 0 Å². The Kier molecular flexibility index (Phi) is 3.69. The molecule has 0 bridgehead atoms. The normalized spacial score (nSPS) is 17.8. The first-order valence-corrected chi connectivity index (χ1v) is 6.94. The number of benzene rings is 1. The second-order valence-corrected chi connectivity index (χ2v) is 5.15. The fraction of sp³-hybridized carbons (Fsp3) is 0.400. The highest BCUT2D eigenvalue weighted by Gasteiger charge is 2.20. The van der Waals surface area contributed by atoms with Crippen molar-refractivity contribution in [2.24, 2.45) is 0 Å². The molecule has 2 N–H and O–H groups in total. The van der Waals surface area contributed by atoms with Gasteiger partial charge < -0.3 is 10.4 Å². The molecule has 106 valence electrons. The summed E-state index contributed by atoms with van der Waals surface area (Å²) in [6.07, 6.45) is 6.70. The number of hydrogen-bond donors (Lipinski definition) is 2. The van der Waals surface area contributed by atoms with Crippen LogP contribution in [0.1, 0.15) is 30.0 Å². The Morgan fingerprint density at radius 2 is 2.35 bits per heavy atom. The van der Waals surface area contributed by atoms with Gasteiger partial charge >= 0.3 is 0 Å². The van der Waals surface area contributed by atoms with Crippen LogP contribution in [0.2, 0.25) is 0 Å². The first-order chi connectivity index (χ1) is 9.76. The minimum absolute atomic E-state index is 0.0680. The summed E-state index contributed by atoms with van der Waals surface area (Å²) < 4.78 is 15.1. The molecule has 0 saturated heterocycles. The van der Waals surface area contributed by atoms with Crippen LogP contribution in [-0.4, -0.2) is 21.5 Å². The molecule has 2 aromatic rings. The van der Waals surface area contributed by atoms with Gasteiger partial charge in [0, 0.05) is 6.20 Å². The Labute approximate surface area is 117 Å². The minimum atomic E-state index is -0.187. The molecule has 1 unspecified atom stereocenters. The molecule has 1 atom stereocenters. The van der Waals surface area contributed by atoms with E-state index in [1.54, 1.807) is 16.9 Å². The lowest BCUT2D eigenvalue weighted by atomic mass is 9.87. The van der Waals surface area contributed by atoms with Crippen molar-refractivity contribution in [1.82, 2.24) is 9.78 Å². The summed E-state index contributed by atoms with van der Waals surface area (Å²) in [5, 5.41) is 16.5. The van der Waals surface area contributed by atoms with Crippen LogP contribution in [0.3, 0.4) is 0 Å². The minimum Gasteiger partial charge on any atom is -0.394 e. The van der Waals surface area contributed by atoms with Crippen molar-refractivity contribution in [3.8, 4) is 0 Å². The Morgan fingerprint density at radius 3 is 3.20 bits per heavy atom. The number of nitrogens with zero attached hydrogens (tertiary/aromatic N) is 2. The number of aliphatic hydroxyl groups excluding tert-OH is 1. The lowest BCUT2D eigenvalue weighted by molar-refractivity contribution is 0.269. The van der Waals surface area contributed by atoms with E-state index in [1.807, 2.05) is 12.3 Å². The van der Waals surface area contributed by atoms with Crippen LogP contribution in [0.5, 0.6) is 0 Å². The molecule has 0 amide bonds. The highest BCUT2D eigenvalue weighted by Crippen LogP contribution is 2.32. The zero-order chi connectivity index (χ0) is 13.9. The molecule has 1 heterocycles. The third-order valence-electron chi connectivity index (χ3n) is 3.73. The predicted molar refractivity (Wildman–Crippen MR) is 75.0 cm³/mol. The zero-order valence-corrected chi connectivity index (χ0v) is 11.2. The Bertz CT molecular complexity index is 597. The molecule has 4 nitrogen and oxygen atoms in total. The molecular formula is C15H18FN3O. The fourth-order valence-electron chi connectivity index (χ4n) is 2.78. The van der Waals surface area contributed by atoms with Gasteiger partial charge in [-0.3, -0.25) is 4.68 Å². The van der Waals surface area contributed by atoms with Gasteiger partial charge in [-0.05, 0) is 42.5 Å². The van der Waals surface area contributed by atoms with Crippen molar-refractivity contribution in [2.45, 2.75) is 31.8 Å². The Morgan fingerprint density at radius 1 is 1.45 bits per heavy atom. The highest BCUT2D eigenvalue weighted by molar-refractivity contribution is 5.44. The van der Waals surface area contributed by atoms with E-state index in [0.29, 0.717) is 6.54 Å². The average molecular weight is 275 g/mol. The number of nitrogens with one attached hydrogen (secondary N) is 1. The van der Waals surface area contributed by atoms with Crippen molar-refractivity contribution in [3.63, 3.8) is 0 Å². The fourth-order valence-corrected chi connectivity index (χ4v) is 2.78. The third-order valence-corrected chi connectivity index (χ3v) is 3.73. The van der Waals surface area contributed by atoms with Crippen LogP contribution in [0.25, 0.3) is 0 Å². The van der Waals surface area contributed by atoms with Crippen LogP contribution in [0.15, 0.2) is 30.6 Å². The Hall–Kier alpha value is -1.88. The van der Waals surface area contributed by atoms with E-state index < -0.39 is 0 Å². The van der Waals surface area contributed by atoms with Gasteiger partial charge in [-0.25, -0.2) is 4.39 Å². The summed E-state index contributed by atoms with van der Waals surface area (Å²) in [5.74, 6) is -0.187. The van der Waals surface area contributed by atoms with E-state index >= 15 is 0 Å². The number of anilines is 1. The van der Waals surface area contributed by atoms with E-state index in [4.69, 9.17) is 5.11 Å². The quantitative estimate of drug-likeness (QED) is 0.901. The maximum absolute atomic E-state index is 13.4. The monoisotopic (exact) mass is 275 g/mol. The summed E-state index contributed by atoms with van der Waals surface area (Å²) in [7, 11) is 0. The van der Waals surface area contributed by atoms with E-state index in [0.717, 1.165) is 30.5 Å². The standard InChI is InChI=1S/C15H18FN3O/c16-12-5-4-11-2-1-3-15(14(11)8-12)18-13-9-17-19(10-13)6-7-20/h4-5,8-10,15,18,20H,1-3,6-7H2. The first kappa shape index (κ1) is 13.1. The number of fused-ring (bicyclic) bond motifs is 1. The van der Waals surface area contributed by atoms with Crippen LogP contribution >= 0.6 is 0 Å². The van der Waals surface area contributed by atoms with Crippen LogP contribution in [0.4, 0.5) is 10.1 Å². The molecule has 20 heavy (non-hydrogen) atoms. The molecule has 1 aliphatic rings. The van der Waals surface area contributed by atoms with Crippen LogP contribution in [-0.2, 0) is 13.0 Å². The first-order valence-electron chi connectivity index (χ1n) is 6.94. The number of halogens is 1. The van der Waals surface area contributed by atoms with Gasteiger partial charge in [0.1, 0.15) is 5.82 Å². The van der Waals surface area contributed by atoms with Crippen LogP contribution in [0, 0.1) is 5.82 Å². The molecule has 0 radical (unpaired) electrons. The van der Waals surface area contributed by atoms with E-state index in [9.17, 15) is 4.39 Å². The molecule has 5 heteroatoms. The molecule has 1 aliphatic carbocycles. The summed E-state index contributed by atoms with van der Waals surface area (Å²) in [6, 6.07) is 5.17. The second-order valence-electron chi connectivity index (χ2n) is 5.15. The SMILES string of the molecule is OCCn1cc(NC2CCCc3ccc(F)cc32)cn1. The summed E-state index contributed by atoms with van der Waals surface area (Å²) >= 11 is 0. The van der Waals surface area contributed by atoms with Gasteiger partial charge in [-0.1, -0.05) is 6.07 Å². The van der Waals surface area contributed by atoms with Gasteiger partial charge in [0.15, 0.2) is 0 Å². The van der Waals surface area contributed by atoms with Gasteiger partial charge in [0.05, 0.1) is 31.1 Å². The average Bonchev–Trinajstić information content (AvgIpc) is 2.87. The molecule has 1 aromatic heterocycles. The lowest BCUT2D eigenvalue weighted by Gasteiger charge is -2.26. The topological polar surface area (TPSA) is 50.1 Å². The number of rotatable bonds is 4. The van der Waals surface area contributed by atoms with Gasteiger partial charge in [0.25, 0.3) is 0 Å². The third kappa shape index (κ3) is 2.67. The lowest BCUT2D eigenvalue weighted by Crippen LogP contribution is -2.17. The van der Waals surface area contributed by atoms with Gasteiger partial charge in [-0.15, -0.1) is 0 Å². The molecule has 0 saturated carbocycles. The number of aryl methyl sites for hydroxylation is 1. The van der Waals surface area contributed by atoms with Crippen molar-refractivity contribution < 1.29 is 9.50 Å². The highest BCUT2D eigenvalue weighted by atomic mass is 19.1. The predicted octanol–water partition coefficient (Wildman–Crippen LogP) is 2.50. The molecule has 0 aliphatic heterocycles. The number of aliphatic hydroxyl groups is 1. The molecule has 0 spiro atoms. The largest absolute Gasteiger partial charge is 0.394 e. The van der Waals surface area contributed by atoms with Crippen molar-refractivity contribution >= 4 is 5.69 Å². The maximum atomic E-state index is 13.4. The molecule has 0 fully saturated rings.